The van der Waals surface area contributed by atoms with E-state index in [0.29, 0.717) is 5.92 Å². The minimum atomic E-state index is -0.552. The molecule has 11 aromatic rings. The van der Waals surface area contributed by atoms with E-state index in [1.807, 2.05) is 0 Å². The van der Waals surface area contributed by atoms with Gasteiger partial charge in [0.2, 0.25) is 0 Å². The number of rotatable bonds is 11. The topological polar surface area (TPSA) is 6.48 Å². The fraction of sp³-hybridized carbons (Fsp3) is 0.0986. The van der Waals surface area contributed by atoms with Gasteiger partial charge >= 0.3 is 0 Å². The second-order valence-corrected chi connectivity index (χ2v) is 19.8. The number of para-hydroxylation sites is 2. The summed E-state index contributed by atoms with van der Waals surface area (Å²) in [7, 11) is 0. The molecule has 2 aliphatic rings. The lowest BCUT2D eigenvalue weighted by atomic mass is 9.67. The third-order valence-corrected chi connectivity index (χ3v) is 15.7. The van der Waals surface area contributed by atoms with Gasteiger partial charge < -0.3 is 9.80 Å². The molecule has 0 aliphatic heterocycles. The van der Waals surface area contributed by atoms with Gasteiger partial charge in [-0.05, 0) is 157 Å². The van der Waals surface area contributed by atoms with Crippen LogP contribution in [0.1, 0.15) is 65.8 Å². The maximum Gasteiger partial charge on any atom is 0.0714 e. The van der Waals surface area contributed by atoms with Crippen molar-refractivity contribution in [2.75, 3.05) is 9.80 Å². The molecule has 350 valence electrons. The molecular weight excluding hydrogens is 881 g/mol. The van der Waals surface area contributed by atoms with Crippen LogP contribution in [-0.4, -0.2) is 0 Å². The third kappa shape index (κ3) is 7.91. The highest BCUT2D eigenvalue weighted by molar-refractivity contribution is 6.05. The molecule has 0 saturated heterocycles. The first kappa shape index (κ1) is 44.2. The second kappa shape index (κ2) is 19.1. The van der Waals surface area contributed by atoms with Crippen LogP contribution in [0.15, 0.2) is 273 Å². The zero-order valence-electron chi connectivity index (χ0n) is 41.0. The summed E-state index contributed by atoms with van der Waals surface area (Å²) in [6.45, 7) is 0. The molecule has 0 heterocycles. The Kier molecular flexibility index (Phi) is 11.6. The summed E-state index contributed by atoms with van der Waals surface area (Å²) in [5.41, 5.74) is 19.8. The highest BCUT2D eigenvalue weighted by Gasteiger charge is 2.46. The lowest BCUT2D eigenvalue weighted by molar-refractivity contribution is 0.443. The smallest absolute Gasteiger partial charge is 0.0714 e. The number of hydrogen-bond donors (Lipinski definition) is 0. The summed E-state index contributed by atoms with van der Waals surface area (Å²) in [5.74, 6) is 0.620. The molecule has 0 atom stereocenters. The van der Waals surface area contributed by atoms with E-state index < -0.39 is 5.41 Å². The SMILES string of the molecule is c1ccc(-c2c(-c3cc(N(c4ccccc4)c4ccc(C5CCCCC5)cc4)cc(N(c4ccccc4)c4ccc5c(c4)C(c4ccccc4)(c4ccccc4)c4ccccc4-5)c3)ccc3ccccc23)cc1. The van der Waals surface area contributed by atoms with Gasteiger partial charge in [0, 0.05) is 34.1 Å². The van der Waals surface area contributed by atoms with Gasteiger partial charge in [0.1, 0.15) is 0 Å². The Morgan fingerprint density at radius 3 is 1.45 bits per heavy atom. The molecule has 2 nitrogen and oxygen atoms in total. The van der Waals surface area contributed by atoms with Crippen LogP contribution in [0.3, 0.4) is 0 Å². The van der Waals surface area contributed by atoms with Gasteiger partial charge in [0.05, 0.1) is 5.41 Å². The Balaban J connectivity index is 1.08. The molecule has 1 fully saturated rings. The molecule has 0 bridgehead atoms. The van der Waals surface area contributed by atoms with Crippen LogP contribution in [0.5, 0.6) is 0 Å². The van der Waals surface area contributed by atoms with Crippen molar-refractivity contribution < 1.29 is 0 Å². The van der Waals surface area contributed by atoms with E-state index >= 15 is 0 Å². The molecule has 0 amide bonds. The lowest BCUT2D eigenvalue weighted by Gasteiger charge is -2.35. The Morgan fingerprint density at radius 2 is 0.808 bits per heavy atom. The van der Waals surface area contributed by atoms with Gasteiger partial charge in [0.15, 0.2) is 0 Å². The van der Waals surface area contributed by atoms with E-state index in [0.717, 1.165) is 39.7 Å². The van der Waals surface area contributed by atoms with Gasteiger partial charge in [-0.1, -0.05) is 226 Å². The minimum absolute atomic E-state index is 0.552. The van der Waals surface area contributed by atoms with Crippen molar-refractivity contribution in [2.45, 2.75) is 43.4 Å². The average molecular weight is 937 g/mol. The molecule has 11 aromatic carbocycles. The van der Waals surface area contributed by atoms with Gasteiger partial charge in [-0.2, -0.15) is 0 Å². The monoisotopic (exact) mass is 936 g/mol. The van der Waals surface area contributed by atoms with E-state index in [9.17, 15) is 0 Å². The number of fused-ring (bicyclic) bond motifs is 4. The standard InChI is InChI=1S/C71H56N2/c1-7-23-51(24-8-1)52-39-42-60(43-40-52)72(58-32-15-5-16-33-58)62-47-55(65-45-41-53-25-19-20-36-64(53)70(65)54-26-9-2-10-27-54)48-63(49-62)73(59-34-17-6-18-35-59)61-44-46-67-66-37-21-22-38-68(66)71(69(67)50-61,56-28-11-3-12-29-56)57-30-13-4-14-31-57/h2-6,9-22,25-51H,1,7-8,23-24H2. The number of hydrogen-bond acceptors (Lipinski definition) is 2. The molecule has 1 saturated carbocycles. The van der Waals surface area contributed by atoms with E-state index in [2.05, 4.69) is 283 Å². The predicted octanol–water partition coefficient (Wildman–Crippen LogP) is 19.5. The number of nitrogens with zero attached hydrogens (tertiary/aromatic N) is 2. The lowest BCUT2D eigenvalue weighted by Crippen LogP contribution is -2.28. The first-order chi connectivity index (χ1) is 36.2. The zero-order valence-corrected chi connectivity index (χ0v) is 41.0. The van der Waals surface area contributed by atoms with Gasteiger partial charge in [-0.25, -0.2) is 0 Å². The quantitative estimate of drug-likeness (QED) is 0.127. The summed E-state index contributed by atoms with van der Waals surface area (Å²) < 4.78 is 0. The fourth-order valence-electron chi connectivity index (χ4n) is 12.4. The summed E-state index contributed by atoms with van der Waals surface area (Å²) in [4.78, 5) is 4.94. The van der Waals surface area contributed by atoms with Crippen molar-refractivity contribution in [1.82, 2.24) is 0 Å². The Morgan fingerprint density at radius 1 is 0.315 bits per heavy atom. The van der Waals surface area contributed by atoms with Crippen molar-refractivity contribution in [2.24, 2.45) is 0 Å². The first-order valence-corrected chi connectivity index (χ1v) is 26.1. The Labute approximate surface area is 430 Å². The largest absolute Gasteiger partial charge is 0.310 e. The first-order valence-electron chi connectivity index (χ1n) is 26.1. The van der Waals surface area contributed by atoms with Gasteiger partial charge in [-0.3, -0.25) is 0 Å². The maximum atomic E-state index is 2.49. The van der Waals surface area contributed by atoms with Crippen LogP contribution in [0.25, 0.3) is 44.2 Å². The zero-order chi connectivity index (χ0) is 48.6. The summed E-state index contributed by atoms with van der Waals surface area (Å²) in [6.07, 6.45) is 6.51. The molecule has 73 heavy (non-hydrogen) atoms. The van der Waals surface area contributed by atoms with Crippen LogP contribution >= 0.6 is 0 Å². The van der Waals surface area contributed by atoms with E-state index in [1.165, 1.54) is 98.5 Å². The van der Waals surface area contributed by atoms with E-state index in [-0.39, 0.29) is 0 Å². The van der Waals surface area contributed by atoms with Crippen LogP contribution in [-0.2, 0) is 5.41 Å². The normalized spacial score (nSPS) is 13.8. The highest BCUT2D eigenvalue weighted by Crippen LogP contribution is 2.57. The molecule has 0 aromatic heterocycles. The number of anilines is 6. The maximum absolute atomic E-state index is 2.49. The Bertz CT molecular complexity index is 3660. The summed E-state index contributed by atoms with van der Waals surface area (Å²) in [5, 5.41) is 2.45. The molecule has 0 N–H and O–H groups in total. The second-order valence-electron chi connectivity index (χ2n) is 19.8. The van der Waals surface area contributed by atoms with Crippen molar-refractivity contribution >= 4 is 44.9 Å². The molecule has 13 rings (SSSR count). The highest BCUT2D eigenvalue weighted by atomic mass is 15.2. The third-order valence-electron chi connectivity index (χ3n) is 15.7. The van der Waals surface area contributed by atoms with Crippen LogP contribution < -0.4 is 9.80 Å². The summed E-state index contributed by atoms with van der Waals surface area (Å²) in [6, 6.07) is 101. The predicted molar refractivity (Wildman–Crippen MR) is 307 cm³/mol. The molecule has 0 unspecified atom stereocenters. The van der Waals surface area contributed by atoms with Crippen molar-refractivity contribution in [3.8, 4) is 33.4 Å². The molecule has 0 spiro atoms. The molecule has 2 heteroatoms. The summed E-state index contributed by atoms with van der Waals surface area (Å²) >= 11 is 0. The van der Waals surface area contributed by atoms with Crippen molar-refractivity contribution in [1.29, 1.82) is 0 Å². The molecule has 0 radical (unpaired) electrons. The van der Waals surface area contributed by atoms with E-state index in [4.69, 9.17) is 0 Å². The number of benzene rings is 11. The molecule has 2 aliphatic carbocycles. The fourth-order valence-corrected chi connectivity index (χ4v) is 12.4. The van der Waals surface area contributed by atoms with Crippen LogP contribution in [0.4, 0.5) is 34.1 Å². The average Bonchev–Trinajstić information content (AvgIpc) is 3.77. The van der Waals surface area contributed by atoms with Crippen molar-refractivity contribution in [3.63, 3.8) is 0 Å². The molecular formula is C71H56N2. The van der Waals surface area contributed by atoms with E-state index in [1.54, 1.807) is 0 Å². The van der Waals surface area contributed by atoms with Crippen LogP contribution in [0, 0.1) is 0 Å². The van der Waals surface area contributed by atoms with Crippen LogP contribution in [0.2, 0.25) is 0 Å². The minimum Gasteiger partial charge on any atom is -0.310 e. The van der Waals surface area contributed by atoms with Gasteiger partial charge in [-0.15, -0.1) is 0 Å². The van der Waals surface area contributed by atoms with Gasteiger partial charge in [0.25, 0.3) is 0 Å². The van der Waals surface area contributed by atoms with Crippen molar-refractivity contribution in [3.05, 3.63) is 301 Å². The Hall–Kier alpha value is -8.72.